The minimum Gasteiger partial charge on any atom is -0.378 e. The Labute approximate surface area is 99.2 Å². The van der Waals surface area contributed by atoms with E-state index in [1.54, 1.807) is 12.1 Å². The molecule has 1 heterocycles. The molecule has 2 N–H and O–H groups in total. The van der Waals surface area contributed by atoms with E-state index in [0.29, 0.717) is 6.61 Å². The number of hydrogen-bond donors (Lipinski definition) is 2. The summed E-state index contributed by atoms with van der Waals surface area (Å²) in [5, 5.41) is 4.89. The van der Waals surface area contributed by atoms with Gasteiger partial charge >= 0.3 is 6.03 Å². The summed E-state index contributed by atoms with van der Waals surface area (Å²) in [6.45, 7) is 2.45. The fourth-order valence-electron chi connectivity index (χ4n) is 1.86. The number of urea groups is 1. The van der Waals surface area contributed by atoms with E-state index in [0.717, 1.165) is 5.56 Å². The number of benzene rings is 1. The third-order valence-electron chi connectivity index (χ3n) is 2.73. The standard InChI is InChI=1S/C12H14N2O3/c1-2-17-8-12(9-6-4-3-5-7-9)10(15)13-11(16)14-12/h3-7H,2,8H2,1H3,(H2,13,14,15,16). The van der Waals surface area contributed by atoms with Crippen molar-refractivity contribution >= 4 is 11.9 Å². The number of carbonyl (C=O) groups is 2. The Bertz CT molecular complexity index is 433. The minimum absolute atomic E-state index is 0.130. The lowest BCUT2D eigenvalue weighted by molar-refractivity contribution is -0.126. The first kappa shape index (κ1) is 11.6. The zero-order chi connectivity index (χ0) is 12.3. The highest BCUT2D eigenvalue weighted by atomic mass is 16.5. The molecule has 3 amide bonds. The first-order valence-electron chi connectivity index (χ1n) is 5.46. The molecule has 1 unspecified atom stereocenters. The van der Waals surface area contributed by atoms with Crippen molar-refractivity contribution in [1.82, 2.24) is 10.6 Å². The molecule has 0 aromatic heterocycles. The third-order valence-corrected chi connectivity index (χ3v) is 2.73. The molecule has 90 valence electrons. The molecule has 1 saturated heterocycles. The summed E-state index contributed by atoms with van der Waals surface area (Å²) in [6, 6.07) is 8.60. The van der Waals surface area contributed by atoms with Crippen LogP contribution in [0.3, 0.4) is 0 Å². The smallest absolute Gasteiger partial charge is 0.322 e. The molecule has 1 fully saturated rings. The van der Waals surface area contributed by atoms with E-state index in [4.69, 9.17) is 4.74 Å². The summed E-state index contributed by atoms with van der Waals surface area (Å²) in [6.07, 6.45) is 0. The summed E-state index contributed by atoms with van der Waals surface area (Å²) in [7, 11) is 0. The Morgan fingerprint density at radius 3 is 2.47 bits per heavy atom. The number of hydrogen-bond acceptors (Lipinski definition) is 3. The normalized spacial score (nSPS) is 23.4. The highest BCUT2D eigenvalue weighted by Gasteiger charge is 2.47. The Morgan fingerprint density at radius 1 is 1.24 bits per heavy atom. The predicted molar refractivity (Wildman–Crippen MR) is 61.3 cm³/mol. The van der Waals surface area contributed by atoms with Crippen LogP contribution >= 0.6 is 0 Å². The summed E-state index contributed by atoms with van der Waals surface area (Å²) < 4.78 is 5.32. The second kappa shape index (κ2) is 4.55. The third kappa shape index (κ3) is 2.01. The van der Waals surface area contributed by atoms with Crippen molar-refractivity contribution in [1.29, 1.82) is 0 Å². The van der Waals surface area contributed by atoms with Gasteiger partial charge in [0.2, 0.25) is 0 Å². The van der Waals surface area contributed by atoms with Gasteiger partial charge in [0.05, 0.1) is 6.61 Å². The largest absolute Gasteiger partial charge is 0.378 e. The van der Waals surface area contributed by atoms with Gasteiger partial charge < -0.3 is 10.1 Å². The van der Waals surface area contributed by atoms with Crippen molar-refractivity contribution in [2.24, 2.45) is 0 Å². The Hall–Kier alpha value is -1.88. The minimum atomic E-state index is -1.10. The molecule has 0 aliphatic carbocycles. The molecule has 1 aliphatic heterocycles. The molecule has 1 aromatic carbocycles. The predicted octanol–water partition coefficient (Wildman–Crippen LogP) is 0.758. The van der Waals surface area contributed by atoms with Crippen LogP contribution in [0.15, 0.2) is 30.3 Å². The number of ether oxygens (including phenoxy) is 1. The lowest BCUT2D eigenvalue weighted by Crippen LogP contribution is -2.47. The van der Waals surface area contributed by atoms with Crippen LogP contribution in [-0.2, 0) is 15.1 Å². The van der Waals surface area contributed by atoms with Gasteiger partial charge in [-0.05, 0) is 12.5 Å². The summed E-state index contributed by atoms with van der Waals surface area (Å²) in [5.74, 6) is -0.373. The quantitative estimate of drug-likeness (QED) is 0.756. The van der Waals surface area contributed by atoms with Gasteiger partial charge in [-0.2, -0.15) is 0 Å². The van der Waals surface area contributed by atoms with Gasteiger partial charge in [-0.1, -0.05) is 30.3 Å². The summed E-state index contributed by atoms with van der Waals surface area (Å²) >= 11 is 0. The van der Waals surface area contributed by atoms with Crippen molar-refractivity contribution in [3.05, 3.63) is 35.9 Å². The highest BCUT2D eigenvalue weighted by molar-refractivity contribution is 6.07. The number of imide groups is 1. The van der Waals surface area contributed by atoms with Crippen molar-refractivity contribution in [2.75, 3.05) is 13.2 Å². The molecule has 17 heavy (non-hydrogen) atoms. The second-order valence-electron chi connectivity index (χ2n) is 3.82. The van der Waals surface area contributed by atoms with Crippen molar-refractivity contribution in [3.8, 4) is 0 Å². The van der Waals surface area contributed by atoms with Gasteiger partial charge in [-0.15, -0.1) is 0 Å². The van der Waals surface area contributed by atoms with Crippen molar-refractivity contribution in [2.45, 2.75) is 12.5 Å². The number of amides is 3. The fraction of sp³-hybridized carbons (Fsp3) is 0.333. The number of carbonyl (C=O) groups excluding carboxylic acids is 2. The zero-order valence-corrected chi connectivity index (χ0v) is 9.53. The highest BCUT2D eigenvalue weighted by Crippen LogP contribution is 2.25. The average molecular weight is 234 g/mol. The molecular formula is C12H14N2O3. The van der Waals surface area contributed by atoms with Gasteiger partial charge in [0.25, 0.3) is 5.91 Å². The molecule has 0 radical (unpaired) electrons. The fourth-order valence-corrected chi connectivity index (χ4v) is 1.86. The maximum atomic E-state index is 11.9. The second-order valence-corrected chi connectivity index (χ2v) is 3.82. The van der Waals surface area contributed by atoms with Gasteiger partial charge in [-0.25, -0.2) is 4.79 Å². The van der Waals surface area contributed by atoms with Gasteiger partial charge in [0.1, 0.15) is 0 Å². The monoisotopic (exact) mass is 234 g/mol. The van der Waals surface area contributed by atoms with E-state index < -0.39 is 11.6 Å². The van der Waals surface area contributed by atoms with Crippen LogP contribution in [0.25, 0.3) is 0 Å². The molecule has 2 rings (SSSR count). The van der Waals surface area contributed by atoms with E-state index in [-0.39, 0.29) is 12.5 Å². The molecule has 0 bridgehead atoms. The maximum absolute atomic E-state index is 11.9. The number of nitrogens with one attached hydrogen (secondary N) is 2. The van der Waals surface area contributed by atoms with E-state index >= 15 is 0 Å². The summed E-state index contributed by atoms with van der Waals surface area (Å²) in [5.41, 5.74) is -0.384. The molecule has 0 spiro atoms. The van der Waals surface area contributed by atoms with E-state index in [9.17, 15) is 9.59 Å². The molecule has 1 aliphatic rings. The van der Waals surface area contributed by atoms with Crippen LogP contribution < -0.4 is 10.6 Å². The van der Waals surface area contributed by atoms with Crippen LogP contribution in [-0.4, -0.2) is 25.2 Å². The molecular weight excluding hydrogens is 220 g/mol. The maximum Gasteiger partial charge on any atom is 0.322 e. The molecule has 1 aromatic rings. The topological polar surface area (TPSA) is 67.4 Å². The van der Waals surface area contributed by atoms with Gasteiger partial charge in [0.15, 0.2) is 5.54 Å². The summed E-state index contributed by atoms with van der Waals surface area (Å²) in [4.78, 5) is 23.2. The van der Waals surface area contributed by atoms with Crippen molar-refractivity contribution in [3.63, 3.8) is 0 Å². The average Bonchev–Trinajstić information content (AvgIpc) is 2.64. The van der Waals surface area contributed by atoms with Gasteiger partial charge in [0, 0.05) is 6.61 Å². The molecule has 5 nitrogen and oxygen atoms in total. The molecule has 1 atom stereocenters. The lowest BCUT2D eigenvalue weighted by atomic mass is 9.91. The van der Waals surface area contributed by atoms with E-state index in [1.807, 2.05) is 25.1 Å². The lowest BCUT2D eigenvalue weighted by Gasteiger charge is -2.25. The Kier molecular flexibility index (Phi) is 3.10. The number of rotatable bonds is 4. The SMILES string of the molecule is CCOCC1(c2ccccc2)NC(=O)NC1=O. The first-order valence-corrected chi connectivity index (χ1v) is 5.46. The first-order chi connectivity index (χ1) is 8.19. The Balaban J connectivity index is 2.37. The molecule has 0 saturated carbocycles. The van der Waals surface area contributed by atoms with Crippen LogP contribution in [0.5, 0.6) is 0 Å². The molecule has 5 heteroatoms. The van der Waals surface area contributed by atoms with Crippen LogP contribution in [0.2, 0.25) is 0 Å². The van der Waals surface area contributed by atoms with E-state index in [2.05, 4.69) is 10.6 Å². The van der Waals surface area contributed by atoms with Crippen LogP contribution in [0, 0.1) is 0 Å². The van der Waals surface area contributed by atoms with Crippen LogP contribution in [0.4, 0.5) is 4.79 Å². The zero-order valence-electron chi connectivity index (χ0n) is 9.53. The Morgan fingerprint density at radius 2 is 1.94 bits per heavy atom. The van der Waals surface area contributed by atoms with Crippen molar-refractivity contribution < 1.29 is 14.3 Å². The van der Waals surface area contributed by atoms with E-state index in [1.165, 1.54) is 0 Å². The van der Waals surface area contributed by atoms with Crippen LogP contribution in [0.1, 0.15) is 12.5 Å². The van der Waals surface area contributed by atoms with Gasteiger partial charge in [-0.3, -0.25) is 10.1 Å².